The number of aromatic nitrogens is 3. The zero-order chi connectivity index (χ0) is 13.8. The summed E-state index contributed by atoms with van der Waals surface area (Å²) in [7, 11) is 1.83. The molecule has 0 atom stereocenters. The standard InChI is InChI=1S/C13H15ClN4O/c1-3-11-4-10(5-12(14)17-11)13(19)15-6-9-7-16-18(2)8-9/h4-5,7-8H,3,6H2,1-2H3,(H,15,19). The molecule has 19 heavy (non-hydrogen) atoms. The van der Waals surface area contributed by atoms with Gasteiger partial charge in [0.1, 0.15) is 5.15 Å². The van der Waals surface area contributed by atoms with Crippen molar-refractivity contribution in [2.75, 3.05) is 0 Å². The maximum atomic E-state index is 12.0. The summed E-state index contributed by atoms with van der Waals surface area (Å²) in [5.41, 5.74) is 2.28. The molecule has 100 valence electrons. The van der Waals surface area contributed by atoms with E-state index in [0.29, 0.717) is 17.3 Å². The predicted octanol–water partition coefficient (Wildman–Crippen LogP) is 1.96. The van der Waals surface area contributed by atoms with Crippen LogP contribution in [0.3, 0.4) is 0 Å². The van der Waals surface area contributed by atoms with Gasteiger partial charge >= 0.3 is 0 Å². The van der Waals surface area contributed by atoms with E-state index in [1.165, 1.54) is 0 Å². The highest BCUT2D eigenvalue weighted by Crippen LogP contribution is 2.11. The zero-order valence-corrected chi connectivity index (χ0v) is 11.6. The number of nitrogens with zero attached hydrogens (tertiary/aromatic N) is 3. The second kappa shape index (κ2) is 5.84. The first kappa shape index (κ1) is 13.5. The lowest BCUT2D eigenvalue weighted by atomic mass is 10.2. The number of nitrogens with one attached hydrogen (secondary N) is 1. The Morgan fingerprint density at radius 1 is 1.47 bits per heavy atom. The number of carbonyl (C=O) groups is 1. The number of hydrogen-bond donors (Lipinski definition) is 1. The lowest BCUT2D eigenvalue weighted by Gasteiger charge is -2.05. The number of aryl methyl sites for hydroxylation is 2. The first-order chi connectivity index (χ1) is 9.08. The average Bonchev–Trinajstić information content (AvgIpc) is 2.81. The van der Waals surface area contributed by atoms with Crippen molar-refractivity contribution in [3.05, 3.63) is 46.5 Å². The molecule has 1 N–H and O–H groups in total. The average molecular weight is 279 g/mol. The number of rotatable bonds is 4. The largest absolute Gasteiger partial charge is 0.348 e. The fraction of sp³-hybridized carbons (Fsp3) is 0.308. The van der Waals surface area contributed by atoms with Crippen LogP contribution in [0.15, 0.2) is 24.5 Å². The van der Waals surface area contributed by atoms with E-state index in [2.05, 4.69) is 15.4 Å². The topological polar surface area (TPSA) is 59.8 Å². The lowest BCUT2D eigenvalue weighted by Crippen LogP contribution is -2.22. The normalized spacial score (nSPS) is 10.5. The van der Waals surface area contributed by atoms with Crippen molar-refractivity contribution in [3.8, 4) is 0 Å². The van der Waals surface area contributed by atoms with Crippen LogP contribution in [-0.4, -0.2) is 20.7 Å². The van der Waals surface area contributed by atoms with E-state index in [9.17, 15) is 4.79 Å². The Bertz CT molecular complexity index is 594. The number of amides is 1. The van der Waals surface area contributed by atoms with Gasteiger partial charge in [-0.3, -0.25) is 9.48 Å². The molecule has 2 heterocycles. The maximum absolute atomic E-state index is 12.0. The molecule has 2 aromatic heterocycles. The second-order valence-electron chi connectivity index (χ2n) is 4.23. The number of carbonyl (C=O) groups excluding carboxylic acids is 1. The van der Waals surface area contributed by atoms with Gasteiger partial charge in [0, 0.05) is 36.6 Å². The van der Waals surface area contributed by atoms with Crippen LogP contribution in [0.1, 0.15) is 28.5 Å². The van der Waals surface area contributed by atoms with Crippen molar-refractivity contribution in [1.29, 1.82) is 0 Å². The Morgan fingerprint density at radius 3 is 2.89 bits per heavy atom. The number of pyridine rings is 1. The molecule has 0 aliphatic rings. The summed E-state index contributed by atoms with van der Waals surface area (Å²) < 4.78 is 1.69. The molecule has 6 heteroatoms. The molecular weight excluding hydrogens is 264 g/mol. The van der Waals surface area contributed by atoms with Gasteiger partial charge in [-0.05, 0) is 18.6 Å². The summed E-state index contributed by atoms with van der Waals surface area (Å²) in [4.78, 5) is 16.1. The van der Waals surface area contributed by atoms with Gasteiger partial charge in [0.15, 0.2) is 0 Å². The third kappa shape index (κ3) is 3.54. The van der Waals surface area contributed by atoms with Gasteiger partial charge in [-0.15, -0.1) is 0 Å². The van der Waals surface area contributed by atoms with Crippen LogP contribution < -0.4 is 5.32 Å². The van der Waals surface area contributed by atoms with Crippen molar-refractivity contribution in [1.82, 2.24) is 20.1 Å². The Labute approximate surface area is 116 Å². The second-order valence-corrected chi connectivity index (χ2v) is 4.62. The van der Waals surface area contributed by atoms with Crippen LogP contribution in [0.25, 0.3) is 0 Å². The smallest absolute Gasteiger partial charge is 0.251 e. The summed E-state index contributed by atoms with van der Waals surface area (Å²) >= 11 is 5.89. The highest BCUT2D eigenvalue weighted by molar-refractivity contribution is 6.29. The van der Waals surface area contributed by atoms with Gasteiger partial charge in [0.25, 0.3) is 5.91 Å². The third-order valence-corrected chi connectivity index (χ3v) is 2.88. The molecule has 0 radical (unpaired) electrons. The van der Waals surface area contributed by atoms with Gasteiger partial charge in [-0.2, -0.15) is 5.10 Å². The molecule has 0 aliphatic carbocycles. The lowest BCUT2D eigenvalue weighted by molar-refractivity contribution is 0.0950. The molecule has 0 aliphatic heterocycles. The van der Waals surface area contributed by atoms with Gasteiger partial charge in [0.05, 0.1) is 6.20 Å². The Morgan fingerprint density at radius 2 is 2.26 bits per heavy atom. The Hall–Kier alpha value is -1.88. The fourth-order valence-corrected chi connectivity index (χ4v) is 1.94. The van der Waals surface area contributed by atoms with Crippen molar-refractivity contribution in [2.45, 2.75) is 19.9 Å². The van der Waals surface area contributed by atoms with E-state index in [1.807, 2.05) is 20.2 Å². The molecule has 0 saturated heterocycles. The van der Waals surface area contributed by atoms with E-state index in [1.54, 1.807) is 23.0 Å². The van der Waals surface area contributed by atoms with Gasteiger partial charge in [-0.1, -0.05) is 18.5 Å². The summed E-state index contributed by atoms with van der Waals surface area (Å²) in [6, 6.07) is 3.32. The highest BCUT2D eigenvalue weighted by atomic mass is 35.5. The minimum absolute atomic E-state index is 0.164. The predicted molar refractivity (Wildman–Crippen MR) is 73.0 cm³/mol. The number of hydrogen-bond acceptors (Lipinski definition) is 3. The maximum Gasteiger partial charge on any atom is 0.251 e. The molecular formula is C13H15ClN4O. The summed E-state index contributed by atoms with van der Waals surface area (Å²) in [5, 5.41) is 7.21. The highest BCUT2D eigenvalue weighted by Gasteiger charge is 2.09. The van der Waals surface area contributed by atoms with Crippen LogP contribution in [0.5, 0.6) is 0 Å². The van der Waals surface area contributed by atoms with E-state index in [4.69, 9.17) is 11.6 Å². The fourth-order valence-electron chi connectivity index (χ4n) is 1.71. The number of halogens is 1. The monoisotopic (exact) mass is 278 g/mol. The minimum atomic E-state index is -0.164. The molecule has 0 bridgehead atoms. The van der Waals surface area contributed by atoms with E-state index in [-0.39, 0.29) is 5.91 Å². The first-order valence-corrected chi connectivity index (χ1v) is 6.38. The van der Waals surface area contributed by atoms with Crippen molar-refractivity contribution in [2.24, 2.45) is 7.05 Å². The molecule has 2 rings (SSSR count). The quantitative estimate of drug-likeness (QED) is 0.870. The Balaban J connectivity index is 2.05. The SMILES string of the molecule is CCc1cc(C(=O)NCc2cnn(C)c2)cc(Cl)n1. The molecule has 0 spiro atoms. The zero-order valence-electron chi connectivity index (χ0n) is 10.9. The molecule has 0 unspecified atom stereocenters. The van der Waals surface area contributed by atoms with E-state index >= 15 is 0 Å². The molecule has 2 aromatic rings. The summed E-state index contributed by atoms with van der Waals surface area (Å²) in [6.45, 7) is 2.41. The molecule has 1 amide bonds. The summed E-state index contributed by atoms with van der Waals surface area (Å²) in [6.07, 6.45) is 4.32. The van der Waals surface area contributed by atoms with Gasteiger partial charge in [-0.25, -0.2) is 4.98 Å². The van der Waals surface area contributed by atoms with Crippen molar-refractivity contribution in [3.63, 3.8) is 0 Å². The molecule has 0 fully saturated rings. The van der Waals surface area contributed by atoms with Crippen LogP contribution in [-0.2, 0) is 20.0 Å². The third-order valence-electron chi connectivity index (χ3n) is 2.68. The van der Waals surface area contributed by atoms with Gasteiger partial charge in [0.2, 0.25) is 0 Å². The molecule has 0 saturated carbocycles. The molecule has 5 nitrogen and oxygen atoms in total. The van der Waals surface area contributed by atoms with Crippen LogP contribution in [0, 0.1) is 0 Å². The Kier molecular flexibility index (Phi) is 4.16. The first-order valence-electron chi connectivity index (χ1n) is 6.00. The van der Waals surface area contributed by atoms with E-state index in [0.717, 1.165) is 17.7 Å². The van der Waals surface area contributed by atoms with Crippen LogP contribution >= 0.6 is 11.6 Å². The van der Waals surface area contributed by atoms with Crippen LogP contribution in [0.4, 0.5) is 0 Å². The van der Waals surface area contributed by atoms with Gasteiger partial charge < -0.3 is 5.32 Å². The summed E-state index contributed by atoms with van der Waals surface area (Å²) in [5.74, 6) is -0.164. The molecule has 0 aromatic carbocycles. The van der Waals surface area contributed by atoms with Crippen LogP contribution in [0.2, 0.25) is 5.15 Å². The minimum Gasteiger partial charge on any atom is -0.348 e. The van der Waals surface area contributed by atoms with E-state index < -0.39 is 0 Å². The van der Waals surface area contributed by atoms with Crippen molar-refractivity contribution < 1.29 is 4.79 Å². The van der Waals surface area contributed by atoms with Crippen molar-refractivity contribution >= 4 is 17.5 Å².